The Kier molecular flexibility index (Phi) is 7.12. The Morgan fingerprint density at radius 3 is 2.73 bits per heavy atom. The molecule has 1 aliphatic heterocycles. The van der Waals surface area contributed by atoms with Crippen LogP contribution in [0.15, 0.2) is 23.2 Å². The molecule has 7 heteroatoms. The van der Waals surface area contributed by atoms with Crippen LogP contribution in [0.1, 0.15) is 39.2 Å². The highest BCUT2D eigenvalue weighted by molar-refractivity contribution is 8.13. The van der Waals surface area contributed by atoms with Crippen molar-refractivity contribution >= 4 is 46.0 Å². The zero-order valence-corrected chi connectivity index (χ0v) is 17.3. The lowest BCUT2D eigenvalue weighted by atomic mass is 9.96. The van der Waals surface area contributed by atoms with Gasteiger partial charge in [-0.2, -0.15) is 0 Å². The van der Waals surface area contributed by atoms with E-state index in [1.165, 1.54) is 0 Å². The molecular formula is C19H26ClN3O2S. The van der Waals surface area contributed by atoms with Crippen molar-refractivity contribution in [3.8, 4) is 0 Å². The molecule has 0 spiro atoms. The summed E-state index contributed by atoms with van der Waals surface area (Å²) in [5.41, 5.74) is 1.28. The molecule has 5 nitrogen and oxygen atoms in total. The molecule has 0 atom stereocenters. The molecule has 1 N–H and O–H groups in total. The van der Waals surface area contributed by atoms with Crippen LogP contribution in [0.5, 0.6) is 0 Å². The molecule has 26 heavy (non-hydrogen) atoms. The first kappa shape index (κ1) is 20.8. The lowest BCUT2D eigenvalue weighted by molar-refractivity contribution is -0.129. The fraction of sp³-hybridized carbons (Fsp3) is 0.526. The summed E-state index contributed by atoms with van der Waals surface area (Å²) in [6.07, 6.45) is 1.19. The van der Waals surface area contributed by atoms with Crippen LogP contribution in [0.4, 0.5) is 5.69 Å². The minimum absolute atomic E-state index is 0.0247. The average Bonchev–Trinajstić information content (AvgIpc) is 2.57. The molecule has 0 bridgehead atoms. The van der Waals surface area contributed by atoms with E-state index in [9.17, 15) is 9.59 Å². The zero-order chi connectivity index (χ0) is 19.3. The number of carbonyl (C=O) groups excluding carboxylic acids is 2. The number of rotatable bonds is 4. The maximum Gasteiger partial charge on any atom is 0.230 e. The van der Waals surface area contributed by atoms with Crippen LogP contribution in [0.3, 0.4) is 0 Å². The Balaban J connectivity index is 2.03. The first-order valence-corrected chi connectivity index (χ1v) is 10.1. The van der Waals surface area contributed by atoms with Crippen LogP contribution < -0.4 is 5.32 Å². The van der Waals surface area contributed by atoms with E-state index in [2.05, 4.69) is 10.3 Å². The Hall–Kier alpha value is -1.53. The largest absolute Gasteiger partial charge is 0.355 e. The van der Waals surface area contributed by atoms with Crippen molar-refractivity contribution in [3.05, 3.63) is 28.8 Å². The van der Waals surface area contributed by atoms with E-state index < -0.39 is 5.41 Å². The van der Waals surface area contributed by atoms with Crippen molar-refractivity contribution < 1.29 is 9.59 Å². The standard InChI is InChI=1S/C19H26ClN3O2S/c1-13-6-7-14(12-15(13)20)22-18-23(10-5-11-26-18)16(24)8-9-21-17(25)19(2,3)4/h6-7,12H,5,8-11H2,1-4H3,(H,21,25). The normalized spacial score (nSPS) is 16.7. The fourth-order valence-corrected chi connectivity index (χ4v) is 3.48. The number of benzene rings is 1. The van der Waals surface area contributed by atoms with Gasteiger partial charge in [-0.1, -0.05) is 50.2 Å². The van der Waals surface area contributed by atoms with E-state index in [-0.39, 0.29) is 18.2 Å². The van der Waals surface area contributed by atoms with Gasteiger partial charge in [-0.05, 0) is 31.0 Å². The van der Waals surface area contributed by atoms with Gasteiger partial charge in [0.1, 0.15) is 0 Å². The van der Waals surface area contributed by atoms with Gasteiger partial charge in [-0.15, -0.1) is 0 Å². The Bertz CT molecular complexity index is 713. The molecule has 0 aliphatic carbocycles. The molecule has 0 saturated carbocycles. The monoisotopic (exact) mass is 395 g/mol. The van der Waals surface area contributed by atoms with Gasteiger partial charge in [-0.25, -0.2) is 4.99 Å². The second-order valence-electron chi connectivity index (χ2n) is 7.33. The highest BCUT2D eigenvalue weighted by atomic mass is 35.5. The summed E-state index contributed by atoms with van der Waals surface area (Å²) in [7, 11) is 0. The number of amidine groups is 1. The molecule has 1 aromatic carbocycles. The highest BCUT2D eigenvalue weighted by Crippen LogP contribution is 2.26. The van der Waals surface area contributed by atoms with Crippen molar-refractivity contribution in [3.63, 3.8) is 0 Å². The predicted octanol–water partition coefficient (Wildman–Crippen LogP) is 4.15. The van der Waals surface area contributed by atoms with E-state index in [4.69, 9.17) is 11.6 Å². The number of amides is 2. The first-order valence-electron chi connectivity index (χ1n) is 8.75. The summed E-state index contributed by atoms with van der Waals surface area (Å²) < 4.78 is 0. The van der Waals surface area contributed by atoms with Crippen molar-refractivity contribution in [1.82, 2.24) is 10.2 Å². The Morgan fingerprint density at radius 2 is 2.08 bits per heavy atom. The molecule has 0 aromatic heterocycles. The van der Waals surface area contributed by atoms with Gasteiger partial charge in [0.05, 0.1) is 5.69 Å². The lowest BCUT2D eigenvalue weighted by Crippen LogP contribution is -2.42. The summed E-state index contributed by atoms with van der Waals surface area (Å²) in [5.74, 6) is 0.855. The molecular weight excluding hydrogens is 370 g/mol. The summed E-state index contributed by atoms with van der Waals surface area (Å²) in [5, 5.41) is 4.18. The third-order valence-electron chi connectivity index (χ3n) is 3.97. The third kappa shape index (κ3) is 5.74. The predicted molar refractivity (Wildman–Crippen MR) is 109 cm³/mol. The topological polar surface area (TPSA) is 61.8 Å². The van der Waals surface area contributed by atoms with Crippen LogP contribution >= 0.6 is 23.4 Å². The molecule has 1 saturated heterocycles. The molecule has 1 aliphatic rings. The molecule has 1 fully saturated rings. The SMILES string of the molecule is Cc1ccc(N=C2SCCCN2C(=O)CCNC(=O)C(C)(C)C)cc1Cl. The summed E-state index contributed by atoms with van der Waals surface area (Å²) in [4.78, 5) is 30.8. The van der Waals surface area contributed by atoms with Gasteiger partial charge >= 0.3 is 0 Å². The molecule has 2 rings (SSSR count). The lowest BCUT2D eigenvalue weighted by Gasteiger charge is -2.28. The number of carbonyl (C=O) groups is 2. The summed E-state index contributed by atoms with van der Waals surface area (Å²) in [6.45, 7) is 8.47. The molecule has 1 heterocycles. The number of halogens is 1. The number of nitrogens with zero attached hydrogens (tertiary/aromatic N) is 2. The fourth-order valence-electron chi connectivity index (χ4n) is 2.33. The number of aliphatic imine (C=N–C) groups is 1. The first-order chi connectivity index (χ1) is 12.2. The zero-order valence-electron chi connectivity index (χ0n) is 15.8. The van der Waals surface area contributed by atoms with Gasteiger partial charge in [0.15, 0.2) is 5.17 Å². The second kappa shape index (κ2) is 8.91. The van der Waals surface area contributed by atoms with Gasteiger partial charge in [0.2, 0.25) is 11.8 Å². The van der Waals surface area contributed by atoms with Crippen LogP contribution in [0, 0.1) is 12.3 Å². The third-order valence-corrected chi connectivity index (χ3v) is 5.44. The maximum absolute atomic E-state index is 12.6. The maximum atomic E-state index is 12.6. The summed E-state index contributed by atoms with van der Waals surface area (Å²) >= 11 is 7.74. The summed E-state index contributed by atoms with van der Waals surface area (Å²) in [6, 6.07) is 5.63. The Labute approximate surface area is 164 Å². The smallest absolute Gasteiger partial charge is 0.230 e. The molecule has 1 aromatic rings. The highest BCUT2D eigenvalue weighted by Gasteiger charge is 2.25. The van der Waals surface area contributed by atoms with Gasteiger partial charge in [0, 0.05) is 35.7 Å². The van der Waals surface area contributed by atoms with Crippen LogP contribution in [-0.4, -0.2) is 40.7 Å². The minimum Gasteiger partial charge on any atom is -0.355 e. The number of hydrogen-bond donors (Lipinski definition) is 1. The number of hydrogen-bond acceptors (Lipinski definition) is 4. The number of aryl methyl sites for hydroxylation is 1. The number of thioether (sulfide) groups is 1. The molecule has 2 amide bonds. The van der Waals surface area contributed by atoms with E-state index in [1.54, 1.807) is 16.7 Å². The minimum atomic E-state index is -0.457. The molecule has 0 radical (unpaired) electrons. The van der Waals surface area contributed by atoms with Crippen molar-refractivity contribution in [1.29, 1.82) is 0 Å². The molecule has 142 valence electrons. The van der Waals surface area contributed by atoms with Gasteiger partial charge in [-0.3, -0.25) is 14.5 Å². The van der Waals surface area contributed by atoms with E-state index in [0.717, 1.165) is 23.4 Å². The van der Waals surface area contributed by atoms with E-state index in [0.29, 0.717) is 23.3 Å². The van der Waals surface area contributed by atoms with Gasteiger partial charge < -0.3 is 5.32 Å². The van der Waals surface area contributed by atoms with Crippen molar-refractivity contribution in [2.24, 2.45) is 10.4 Å². The van der Waals surface area contributed by atoms with E-state index >= 15 is 0 Å². The quantitative estimate of drug-likeness (QED) is 0.832. The van der Waals surface area contributed by atoms with Gasteiger partial charge in [0.25, 0.3) is 0 Å². The molecule has 0 unspecified atom stereocenters. The van der Waals surface area contributed by atoms with Crippen LogP contribution in [0.2, 0.25) is 5.02 Å². The second-order valence-corrected chi connectivity index (χ2v) is 8.80. The van der Waals surface area contributed by atoms with Crippen molar-refractivity contribution in [2.45, 2.75) is 40.5 Å². The number of nitrogens with one attached hydrogen (secondary N) is 1. The van der Waals surface area contributed by atoms with E-state index in [1.807, 2.05) is 45.9 Å². The average molecular weight is 396 g/mol. The van der Waals surface area contributed by atoms with Crippen LogP contribution in [-0.2, 0) is 9.59 Å². The Morgan fingerprint density at radius 1 is 1.35 bits per heavy atom. The van der Waals surface area contributed by atoms with Crippen LogP contribution in [0.25, 0.3) is 0 Å². The van der Waals surface area contributed by atoms with Crippen molar-refractivity contribution in [2.75, 3.05) is 18.8 Å².